The van der Waals surface area contributed by atoms with E-state index in [9.17, 15) is 9.36 Å². The molecule has 0 aliphatic rings. The molecule has 0 fully saturated rings. The van der Waals surface area contributed by atoms with Crippen LogP contribution in [0.25, 0.3) is 0 Å². The molecule has 16 heavy (non-hydrogen) atoms. The summed E-state index contributed by atoms with van der Waals surface area (Å²) in [6.45, 7) is 0. The zero-order valence-electron chi connectivity index (χ0n) is 8.86. The van der Waals surface area contributed by atoms with Gasteiger partial charge < -0.3 is 4.52 Å². The molecule has 7 heteroatoms. The van der Waals surface area contributed by atoms with Gasteiger partial charge in [0.05, 0.1) is 5.56 Å². The fourth-order valence-electron chi connectivity index (χ4n) is 0.955. The highest BCUT2D eigenvalue weighted by Crippen LogP contribution is 2.44. The summed E-state index contributed by atoms with van der Waals surface area (Å²) >= 11 is 0. The van der Waals surface area contributed by atoms with E-state index in [-0.39, 0.29) is 5.56 Å². The molecule has 0 saturated carbocycles. The van der Waals surface area contributed by atoms with Crippen molar-refractivity contribution in [3.8, 4) is 0 Å². The number of phosphoric ester groups is 1. The van der Waals surface area contributed by atoms with Gasteiger partial charge in [-0.1, -0.05) is 18.2 Å². The van der Waals surface area contributed by atoms with Gasteiger partial charge in [0.2, 0.25) is 0 Å². The zero-order valence-corrected chi connectivity index (χ0v) is 9.76. The first-order valence-corrected chi connectivity index (χ1v) is 5.89. The van der Waals surface area contributed by atoms with Gasteiger partial charge in [0, 0.05) is 14.1 Å². The van der Waals surface area contributed by atoms with Crippen molar-refractivity contribution in [3.05, 3.63) is 35.9 Å². The van der Waals surface area contributed by atoms with Gasteiger partial charge in [-0.25, -0.2) is 9.36 Å². The fraction of sp³-hybridized carbons (Fsp3) is 0.222. The second kappa shape index (κ2) is 5.23. The lowest BCUT2D eigenvalue weighted by molar-refractivity contribution is -0.0370. The first kappa shape index (κ1) is 12.9. The van der Waals surface area contributed by atoms with Crippen LogP contribution in [0, 0.1) is 0 Å². The summed E-state index contributed by atoms with van der Waals surface area (Å²) in [6, 6.07) is 7.89. The number of carbonyl (C=O) groups is 1. The molecule has 0 aliphatic heterocycles. The van der Waals surface area contributed by atoms with Gasteiger partial charge in [0.1, 0.15) is 0 Å². The molecule has 1 rings (SSSR count). The molecule has 0 aromatic heterocycles. The largest absolute Gasteiger partial charge is 0.546 e. The SMILES string of the molecule is CN(C)OP(=O)(O)OC(=O)c1ccccc1. The monoisotopic (exact) mass is 245 g/mol. The summed E-state index contributed by atoms with van der Waals surface area (Å²) < 4.78 is 20.0. The molecule has 0 radical (unpaired) electrons. The standard InChI is InChI=1S/C9H12NO5P/c1-10(2)15-16(12,13)14-9(11)8-6-4-3-5-7-8/h3-7H,1-2H3,(H,12,13). The Morgan fingerprint density at radius 3 is 2.38 bits per heavy atom. The minimum Gasteiger partial charge on any atom is -0.366 e. The third-order valence-corrected chi connectivity index (χ3v) is 2.40. The summed E-state index contributed by atoms with van der Waals surface area (Å²) in [4.78, 5) is 20.6. The molecular weight excluding hydrogens is 233 g/mol. The van der Waals surface area contributed by atoms with E-state index < -0.39 is 13.8 Å². The smallest absolute Gasteiger partial charge is 0.366 e. The van der Waals surface area contributed by atoms with Crippen LogP contribution in [-0.4, -0.2) is 30.0 Å². The van der Waals surface area contributed by atoms with Gasteiger partial charge in [-0.05, 0) is 12.1 Å². The Morgan fingerprint density at radius 1 is 1.31 bits per heavy atom. The lowest BCUT2D eigenvalue weighted by Crippen LogP contribution is -2.13. The summed E-state index contributed by atoms with van der Waals surface area (Å²) in [5.74, 6) is -0.909. The van der Waals surface area contributed by atoms with Crippen molar-refractivity contribution < 1.29 is 23.4 Å². The van der Waals surface area contributed by atoms with Crippen molar-refractivity contribution >= 4 is 13.8 Å². The van der Waals surface area contributed by atoms with Crippen LogP contribution in [0.4, 0.5) is 0 Å². The van der Waals surface area contributed by atoms with E-state index in [1.165, 1.54) is 26.2 Å². The van der Waals surface area contributed by atoms with Gasteiger partial charge in [-0.2, -0.15) is 9.69 Å². The molecule has 88 valence electrons. The van der Waals surface area contributed by atoms with Gasteiger partial charge >= 0.3 is 13.8 Å². The average molecular weight is 245 g/mol. The second-order valence-electron chi connectivity index (χ2n) is 3.11. The number of phosphoric acid groups is 1. The summed E-state index contributed by atoms with van der Waals surface area (Å²) in [7, 11) is -1.59. The van der Waals surface area contributed by atoms with Gasteiger partial charge in [0.15, 0.2) is 0 Å². The Hall–Kier alpha value is -1.20. The van der Waals surface area contributed by atoms with Crippen LogP contribution in [0.2, 0.25) is 0 Å². The molecule has 1 aromatic carbocycles. The molecule has 0 heterocycles. The molecular formula is C9H12NO5P. The maximum atomic E-state index is 11.4. The summed E-state index contributed by atoms with van der Waals surface area (Å²) in [5.41, 5.74) is 0.180. The average Bonchev–Trinajstić information content (AvgIpc) is 2.16. The van der Waals surface area contributed by atoms with Crippen molar-refractivity contribution in [1.82, 2.24) is 5.06 Å². The molecule has 0 saturated heterocycles. The molecule has 0 spiro atoms. The Kier molecular flexibility index (Phi) is 4.20. The van der Waals surface area contributed by atoms with Crippen molar-refractivity contribution in [2.24, 2.45) is 0 Å². The second-order valence-corrected chi connectivity index (χ2v) is 4.39. The number of hydrogen-bond acceptors (Lipinski definition) is 5. The predicted molar refractivity (Wildman–Crippen MR) is 56.5 cm³/mol. The number of benzene rings is 1. The van der Waals surface area contributed by atoms with E-state index in [4.69, 9.17) is 4.89 Å². The zero-order chi connectivity index (χ0) is 12.2. The molecule has 1 unspecified atom stereocenters. The minimum absolute atomic E-state index is 0.180. The van der Waals surface area contributed by atoms with Crippen LogP contribution in [0.5, 0.6) is 0 Å². The fourth-order valence-corrected chi connectivity index (χ4v) is 1.72. The maximum absolute atomic E-state index is 11.4. The van der Waals surface area contributed by atoms with E-state index in [1.807, 2.05) is 0 Å². The van der Waals surface area contributed by atoms with Gasteiger partial charge in [-0.3, -0.25) is 4.89 Å². The van der Waals surface area contributed by atoms with Crippen molar-refractivity contribution in [1.29, 1.82) is 0 Å². The van der Waals surface area contributed by atoms with E-state index in [2.05, 4.69) is 9.15 Å². The van der Waals surface area contributed by atoms with Gasteiger partial charge in [-0.15, -0.1) is 0 Å². The van der Waals surface area contributed by atoms with E-state index in [0.717, 1.165) is 5.06 Å². The van der Waals surface area contributed by atoms with E-state index in [1.54, 1.807) is 18.2 Å². The maximum Gasteiger partial charge on any atom is 0.546 e. The molecule has 0 amide bonds. The van der Waals surface area contributed by atoms with Crippen LogP contribution in [0.1, 0.15) is 10.4 Å². The predicted octanol–water partition coefficient (Wildman–Crippen LogP) is 1.44. The summed E-state index contributed by atoms with van der Waals surface area (Å²) in [5, 5.41) is 0.985. The molecule has 1 atom stereocenters. The van der Waals surface area contributed by atoms with E-state index >= 15 is 0 Å². The molecule has 1 aromatic rings. The Bertz CT molecular complexity index is 406. The number of carbonyl (C=O) groups excluding carboxylic acids is 1. The Morgan fingerprint density at radius 2 is 1.88 bits per heavy atom. The highest BCUT2D eigenvalue weighted by molar-refractivity contribution is 7.48. The molecule has 6 nitrogen and oxygen atoms in total. The van der Waals surface area contributed by atoms with Gasteiger partial charge in [0.25, 0.3) is 0 Å². The number of hydroxylamine groups is 2. The molecule has 1 N–H and O–H groups in total. The Balaban J connectivity index is 2.68. The van der Waals surface area contributed by atoms with Crippen LogP contribution in [0.3, 0.4) is 0 Å². The highest BCUT2D eigenvalue weighted by atomic mass is 31.2. The normalized spacial score (nSPS) is 14.5. The number of rotatable bonds is 4. The third-order valence-electron chi connectivity index (χ3n) is 1.47. The topological polar surface area (TPSA) is 76.1 Å². The van der Waals surface area contributed by atoms with Crippen LogP contribution in [0.15, 0.2) is 30.3 Å². The lowest BCUT2D eigenvalue weighted by Gasteiger charge is -2.15. The van der Waals surface area contributed by atoms with Crippen molar-refractivity contribution in [3.63, 3.8) is 0 Å². The van der Waals surface area contributed by atoms with E-state index in [0.29, 0.717) is 0 Å². The minimum atomic E-state index is -4.39. The number of hydrogen-bond donors (Lipinski definition) is 1. The Labute approximate surface area is 93.0 Å². The third kappa shape index (κ3) is 4.12. The lowest BCUT2D eigenvalue weighted by atomic mass is 10.2. The van der Waals surface area contributed by atoms with Crippen LogP contribution in [-0.2, 0) is 13.7 Å². The first-order valence-electron chi connectivity index (χ1n) is 4.39. The molecule has 0 aliphatic carbocycles. The first-order chi connectivity index (χ1) is 7.41. The van der Waals surface area contributed by atoms with Crippen molar-refractivity contribution in [2.45, 2.75) is 0 Å². The summed E-state index contributed by atoms with van der Waals surface area (Å²) in [6.07, 6.45) is 0. The molecule has 0 bridgehead atoms. The highest BCUT2D eigenvalue weighted by Gasteiger charge is 2.28. The van der Waals surface area contributed by atoms with Crippen LogP contribution >= 0.6 is 7.82 Å². The van der Waals surface area contributed by atoms with Crippen molar-refractivity contribution in [2.75, 3.05) is 14.1 Å². The number of nitrogens with zero attached hydrogens (tertiary/aromatic N) is 1. The quantitative estimate of drug-likeness (QED) is 0.638. The van der Waals surface area contributed by atoms with Crippen LogP contribution < -0.4 is 0 Å².